The SMILES string of the molecule is CC1=C(C#N)C(=O)N(Cc2ccc3c(c2)OCO3)C(=O)/C1=C/c1cn(-c2ccccc2)nc1-c1ccc(OCc2ccc(F)cc2)cc1. The van der Waals surface area contributed by atoms with E-state index in [1.807, 2.05) is 66.9 Å². The second-order valence-electron chi connectivity index (χ2n) is 11.2. The van der Waals surface area contributed by atoms with E-state index in [0.717, 1.165) is 21.7 Å². The zero-order chi connectivity index (χ0) is 33.2. The van der Waals surface area contributed by atoms with Crippen molar-refractivity contribution in [3.8, 4) is 40.3 Å². The van der Waals surface area contributed by atoms with Gasteiger partial charge in [0.2, 0.25) is 6.79 Å². The maximum absolute atomic E-state index is 14.0. The number of imide groups is 1. The molecule has 2 aliphatic rings. The van der Waals surface area contributed by atoms with Crippen LogP contribution in [0.15, 0.2) is 120 Å². The number of para-hydroxylation sites is 1. The lowest BCUT2D eigenvalue weighted by Gasteiger charge is -2.27. The van der Waals surface area contributed by atoms with Gasteiger partial charge in [-0.1, -0.05) is 36.4 Å². The summed E-state index contributed by atoms with van der Waals surface area (Å²) in [6.07, 6.45) is 3.48. The van der Waals surface area contributed by atoms with Gasteiger partial charge in [-0.15, -0.1) is 0 Å². The van der Waals surface area contributed by atoms with Crippen molar-refractivity contribution in [2.75, 3.05) is 6.79 Å². The number of hydrogen-bond acceptors (Lipinski definition) is 7. The Hall–Kier alpha value is -6.47. The number of aromatic nitrogens is 2. The zero-order valence-electron chi connectivity index (χ0n) is 25.7. The van der Waals surface area contributed by atoms with E-state index < -0.39 is 11.8 Å². The summed E-state index contributed by atoms with van der Waals surface area (Å²) in [4.78, 5) is 28.5. The molecule has 0 bridgehead atoms. The molecule has 0 N–H and O–H groups in total. The van der Waals surface area contributed by atoms with E-state index in [-0.39, 0.29) is 42.5 Å². The maximum atomic E-state index is 14.0. The Morgan fingerprint density at radius 3 is 2.40 bits per heavy atom. The van der Waals surface area contributed by atoms with E-state index in [2.05, 4.69) is 0 Å². The van der Waals surface area contributed by atoms with E-state index in [9.17, 15) is 19.2 Å². The molecule has 9 nitrogen and oxygen atoms in total. The van der Waals surface area contributed by atoms with Gasteiger partial charge in [0.05, 0.1) is 17.9 Å². The number of ether oxygens (including phenoxy) is 3. The van der Waals surface area contributed by atoms with Crippen LogP contribution in [0.4, 0.5) is 4.39 Å². The van der Waals surface area contributed by atoms with Crippen molar-refractivity contribution in [1.29, 1.82) is 5.26 Å². The summed E-state index contributed by atoms with van der Waals surface area (Å²) in [5.41, 5.74) is 4.62. The average Bonchev–Trinajstić information content (AvgIpc) is 3.76. The highest BCUT2D eigenvalue weighted by Gasteiger charge is 2.36. The lowest BCUT2D eigenvalue weighted by Crippen LogP contribution is -2.42. The largest absolute Gasteiger partial charge is 0.489 e. The number of benzene rings is 4. The van der Waals surface area contributed by atoms with E-state index in [1.54, 1.807) is 48.0 Å². The number of fused-ring (bicyclic) bond motifs is 1. The standard InChI is InChI=1S/C38H27FN4O5/c1-24-32(37(44)42(38(45)33(24)19-40)20-26-9-16-34-35(17-26)48-23-47-34)18-28-21-43(30-5-3-2-4-6-30)41-36(28)27-10-14-31(15-11-27)46-22-25-7-12-29(39)13-8-25/h2-18,21H,20,22-23H2,1H3/b32-18+. The number of hydrogen-bond donors (Lipinski definition) is 0. The minimum atomic E-state index is -0.661. The molecule has 2 amide bonds. The Morgan fingerprint density at radius 1 is 0.917 bits per heavy atom. The van der Waals surface area contributed by atoms with Crippen LogP contribution in [0.1, 0.15) is 23.6 Å². The summed E-state index contributed by atoms with van der Waals surface area (Å²) < 4.78 is 31.7. The van der Waals surface area contributed by atoms with Crippen LogP contribution in [0.3, 0.4) is 0 Å². The highest BCUT2D eigenvalue weighted by molar-refractivity contribution is 6.19. The first-order chi connectivity index (χ1) is 23.4. The van der Waals surface area contributed by atoms with Gasteiger partial charge >= 0.3 is 0 Å². The molecule has 0 radical (unpaired) electrons. The molecule has 0 saturated carbocycles. The number of carbonyl (C=O) groups excluding carboxylic acids is 2. The molecular weight excluding hydrogens is 611 g/mol. The van der Waals surface area contributed by atoms with Crippen molar-refractivity contribution in [2.45, 2.75) is 20.1 Å². The van der Waals surface area contributed by atoms with Crippen molar-refractivity contribution >= 4 is 17.9 Å². The molecule has 4 aromatic carbocycles. The minimum Gasteiger partial charge on any atom is -0.489 e. The Balaban J connectivity index is 1.24. The Morgan fingerprint density at radius 2 is 1.65 bits per heavy atom. The van der Waals surface area contributed by atoms with E-state index in [4.69, 9.17) is 19.3 Å². The van der Waals surface area contributed by atoms with E-state index in [0.29, 0.717) is 34.1 Å². The molecule has 2 aliphatic heterocycles. The lowest BCUT2D eigenvalue weighted by atomic mass is 9.93. The van der Waals surface area contributed by atoms with Gasteiger partial charge in [-0.05, 0) is 90.4 Å². The summed E-state index contributed by atoms with van der Waals surface area (Å²) in [6.45, 7) is 1.92. The summed E-state index contributed by atoms with van der Waals surface area (Å²) in [7, 11) is 0. The molecule has 5 aromatic rings. The topological polar surface area (TPSA) is 107 Å². The highest BCUT2D eigenvalue weighted by atomic mass is 19.1. The van der Waals surface area contributed by atoms with E-state index >= 15 is 0 Å². The van der Waals surface area contributed by atoms with Crippen LogP contribution in [0.2, 0.25) is 0 Å². The third-order valence-electron chi connectivity index (χ3n) is 8.11. The summed E-state index contributed by atoms with van der Waals surface area (Å²) in [5.74, 6) is 0.223. The predicted molar refractivity (Wildman–Crippen MR) is 174 cm³/mol. The molecule has 48 heavy (non-hydrogen) atoms. The molecule has 236 valence electrons. The molecule has 3 heterocycles. The first-order valence-corrected chi connectivity index (χ1v) is 15.1. The molecule has 1 aromatic heterocycles. The van der Waals surface area contributed by atoms with Gasteiger partial charge in [-0.3, -0.25) is 14.5 Å². The number of nitrogens with zero attached hydrogens (tertiary/aromatic N) is 4. The predicted octanol–water partition coefficient (Wildman–Crippen LogP) is 6.78. The van der Waals surface area contributed by atoms with Gasteiger partial charge in [-0.2, -0.15) is 10.4 Å². The smallest absolute Gasteiger partial charge is 0.271 e. The fraction of sp³-hybridized carbons (Fsp3) is 0.105. The monoisotopic (exact) mass is 638 g/mol. The van der Waals surface area contributed by atoms with Gasteiger partial charge in [0.25, 0.3) is 11.8 Å². The Bertz CT molecular complexity index is 2150. The third kappa shape index (κ3) is 5.92. The fourth-order valence-corrected chi connectivity index (χ4v) is 5.54. The molecule has 7 rings (SSSR count). The first kappa shape index (κ1) is 30.2. The van der Waals surface area contributed by atoms with Crippen LogP contribution in [0.5, 0.6) is 17.2 Å². The van der Waals surface area contributed by atoms with Crippen LogP contribution in [0.25, 0.3) is 23.0 Å². The van der Waals surface area contributed by atoms with Crippen molar-refractivity contribution in [1.82, 2.24) is 14.7 Å². The van der Waals surface area contributed by atoms with Crippen LogP contribution in [-0.2, 0) is 22.7 Å². The molecule has 0 spiro atoms. The molecular formula is C38H27FN4O5. The summed E-state index contributed by atoms with van der Waals surface area (Å²) in [6, 6.07) is 30.2. The Labute approximate surface area is 275 Å². The third-order valence-corrected chi connectivity index (χ3v) is 8.11. The lowest BCUT2D eigenvalue weighted by molar-refractivity contribution is -0.141. The minimum absolute atomic E-state index is 0.0559. The second-order valence-corrected chi connectivity index (χ2v) is 11.2. The molecule has 10 heteroatoms. The van der Waals surface area contributed by atoms with Gasteiger partial charge in [0.15, 0.2) is 11.5 Å². The average molecular weight is 639 g/mol. The van der Waals surface area contributed by atoms with Crippen molar-refractivity contribution < 1.29 is 28.2 Å². The Kier molecular flexibility index (Phi) is 8.01. The van der Waals surface area contributed by atoms with Gasteiger partial charge in [0, 0.05) is 22.9 Å². The first-order valence-electron chi connectivity index (χ1n) is 15.1. The summed E-state index contributed by atoms with van der Waals surface area (Å²) in [5, 5.41) is 14.8. The number of amides is 2. The van der Waals surface area contributed by atoms with Gasteiger partial charge in [0.1, 0.15) is 29.8 Å². The molecule has 0 fully saturated rings. The van der Waals surface area contributed by atoms with E-state index in [1.165, 1.54) is 12.1 Å². The molecule has 0 atom stereocenters. The van der Waals surface area contributed by atoms with Crippen LogP contribution >= 0.6 is 0 Å². The zero-order valence-corrected chi connectivity index (χ0v) is 25.7. The summed E-state index contributed by atoms with van der Waals surface area (Å²) >= 11 is 0. The van der Waals surface area contributed by atoms with Gasteiger partial charge in [-0.25, -0.2) is 9.07 Å². The number of carbonyl (C=O) groups is 2. The highest BCUT2D eigenvalue weighted by Crippen LogP contribution is 2.35. The number of rotatable bonds is 8. The van der Waals surface area contributed by atoms with Gasteiger partial charge < -0.3 is 14.2 Å². The molecule has 0 saturated heterocycles. The molecule has 0 unspecified atom stereocenters. The van der Waals surface area contributed by atoms with Crippen molar-refractivity contribution in [2.24, 2.45) is 0 Å². The molecule has 0 aliphatic carbocycles. The van der Waals surface area contributed by atoms with Crippen LogP contribution in [0, 0.1) is 17.1 Å². The van der Waals surface area contributed by atoms with Crippen molar-refractivity contribution in [3.05, 3.63) is 142 Å². The van der Waals surface area contributed by atoms with Crippen molar-refractivity contribution in [3.63, 3.8) is 0 Å². The second kappa shape index (κ2) is 12.7. The fourth-order valence-electron chi connectivity index (χ4n) is 5.54. The maximum Gasteiger partial charge on any atom is 0.271 e. The number of halogens is 1. The quantitative estimate of drug-likeness (QED) is 0.136. The normalized spacial score (nSPS) is 14.9. The van der Waals surface area contributed by atoms with Crippen LogP contribution < -0.4 is 14.2 Å². The number of nitriles is 1. The van der Waals surface area contributed by atoms with Crippen LogP contribution in [-0.4, -0.2) is 33.3 Å².